The van der Waals surface area contributed by atoms with E-state index in [0.717, 1.165) is 10.9 Å². The van der Waals surface area contributed by atoms with E-state index < -0.39 is 0 Å². The largest absolute Gasteiger partial charge is 0.490 e. The van der Waals surface area contributed by atoms with Gasteiger partial charge in [-0.15, -0.1) is 0 Å². The van der Waals surface area contributed by atoms with Crippen LogP contribution in [0, 0.1) is 0 Å². The lowest BCUT2D eigenvalue weighted by Gasteiger charge is -2.16. The third-order valence-electron chi connectivity index (χ3n) is 3.85. The normalized spacial score (nSPS) is 10.6. The topological polar surface area (TPSA) is 44.5 Å². The summed E-state index contributed by atoms with van der Waals surface area (Å²) in [6, 6.07) is 17.8. The molecule has 3 aromatic carbocycles. The summed E-state index contributed by atoms with van der Waals surface area (Å²) in [5.41, 5.74) is 7.43. The average molecular weight is 372 g/mol. The summed E-state index contributed by atoms with van der Waals surface area (Å²) in [4.78, 5) is 0.267. The van der Waals surface area contributed by atoms with Crippen LogP contribution in [-0.2, 0) is 6.61 Å². The maximum absolute atomic E-state index is 6.38. The number of halogens is 1. The third kappa shape index (κ3) is 3.86. The second-order valence-electron chi connectivity index (χ2n) is 5.51. The molecule has 128 valence electrons. The van der Waals surface area contributed by atoms with Crippen LogP contribution in [0.15, 0.2) is 54.6 Å². The molecule has 0 unspecified atom stereocenters. The molecular weight excluding hydrogens is 354 g/mol. The number of hydrogen-bond acceptors (Lipinski definition) is 3. The molecule has 0 aromatic heterocycles. The first kappa shape index (κ1) is 17.5. The van der Waals surface area contributed by atoms with Gasteiger partial charge < -0.3 is 15.2 Å². The Kier molecular flexibility index (Phi) is 5.41. The Morgan fingerprint density at radius 1 is 1.08 bits per heavy atom. The standard InChI is InChI=1S/C20H18ClNO2S/c1-2-23-18-11-15(20(22)25)10-17(21)19(18)24-12-14-8-5-7-13-6-3-4-9-16(13)14/h3-11H,2,12H2,1H3,(H2,22,25). The Morgan fingerprint density at radius 3 is 2.60 bits per heavy atom. The number of benzene rings is 3. The number of hydrogen-bond donors (Lipinski definition) is 1. The van der Waals surface area contributed by atoms with Crippen molar-refractivity contribution in [3.8, 4) is 11.5 Å². The molecule has 0 spiro atoms. The Hall–Kier alpha value is -2.30. The van der Waals surface area contributed by atoms with Gasteiger partial charge in [-0.3, -0.25) is 0 Å². The van der Waals surface area contributed by atoms with E-state index in [1.165, 1.54) is 5.39 Å². The monoisotopic (exact) mass is 371 g/mol. The highest BCUT2D eigenvalue weighted by molar-refractivity contribution is 7.80. The van der Waals surface area contributed by atoms with Gasteiger partial charge in [-0.2, -0.15) is 0 Å². The molecule has 25 heavy (non-hydrogen) atoms. The molecule has 3 nitrogen and oxygen atoms in total. The first-order valence-electron chi connectivity index (χ1n) is 7.95. The van der Waals surface area contributed by atoms with Crippen LogP contribution < -0.4 is 15.2 Å². The van der Waals surface area contributed by atoms with E-state index in [1.807, 2.05) is 31.2 Å². The fraction of sp³-hybridized carbons (Fsp3) is 0.150. The summed E-state index contributed by atoms with van der Waals surface area (Å²) in [6.45, 7) is 2.77. The molecule has 3 aromatic rings. The highest BCUT2D eigenvalue weighted by atomic mass is 35.5. The van der Waals surface area contributed by atoms with Crippen molar-refractivity contribution in [3.05, 3.63) is 70.7 Å². The molecule has 5 heteroatoms. The van der Waals surface area contributed by atoms with E-state index in [-0.39, 0.29) is 4.99 Å². The van der Waals surface area contributed by atoms with E-state index in [4.69, 9.17) is 39.0 Å². The molecule has 0 radical (unpaired) electrons. The van der Waals surface area contributed by atoms with Gasteiger partial charge >= 0.3 is 0 Å². The maximum atomic E-state index is 6.38. The molecular formula is C20H18ClNO2S. The molecule has 3 rings (SSSR count). The van der Waals surface area contributed by atoms with Crippen LogP contribution in [0.2, 0.25) is 5.02 Å². The molecule has 0 saturated carbocycles. The van der Waals surface area contributed by atoms with Crippen LogP contribution >= 0.6 is 23.8 Å². The molecule has 0 bridgehead atoms. The van der Waals surface area contributed by atoms with Gasteiger partial charge in [-0.25, -0.2) is 0 Å². The first-order valence-corrected chi connectivity index (χ1v) is 8.74. The fourth-order valence-electron chi connectivity index (χ4n) is 2.68. The smallest absolute Gasteiger partial charge is 0.180 e. The quantitative estimate of drug-likeness (QED) is 0.612. The Balaban J connectivity index is 1.93. The molecule has 0 aliphatic heterocycles. The second-order valence-corrected chi connectivity index (χ2v) is 6.36. The van der Waals surface area contributed by atoms with Gasteiger partial charge in [0.25, 0.3) is 0 Å². The number of fused-ring (bicyclic) bond motifs is 1. The average Bonchev–Trinajstić information content (AvgIpc) is 2.61. The number of ether oxygens (including phenoxy) is 2. The van der Waals surface area contributed by atoms with Crippen molar-refractivity contribution in [1.82, 2.24) is 0 Å². The van der Waals surface area contributed by atoms with Gasteiger partial charge in [0.15, 0.2) is 11.5 Å². The van der Waals surface area contributed by atoms with E-state index in [2.05, 4.69) is 18.2 Å². The van der Waals surface area contributed by atoms with Crippen molar-refractivity contribution < 1.29 is 9.47 Å². The summed E-state index contributed by atoms with van der Waals surface area (Å²) in [6.07, 6.45) is 0. The lowest BCUT2D eigenvalue weighted by atomic mass is 10.1. The fourth-order valence-corrected chi connectivity index (χ4v) is 3.06. The molecule has 0 atom stereocenters. The zero-order valence-corrected chi connectivity index (χ0v) is 15.4. The summed E-state index contributed by atoms with van der Waals surface area (Å²) >= 11 is 11.4. The predicted octanol–water partition coefficient (Wildman–Crippen LogP) is 5.11. The highest BCUT2D eigenvalue weighted by Crippen LogP contribution is 2.37. The summed E-state index contributed by atoms with van der Waals surface area (Å²) < 4.78 is 11.7. The molecule has 0 amide bonds. The van der Waals surface area contributed by atoms with Crippen LogP contribution in [0.25, 0.3) is 10.8 Å². The summed E-state index contributed by atoms with van der Waals surface area (Å²) in [5.74, 6) is 1.04. The van der Waals surface area contributed by atoms with Gasteiger partial charge in [-0.1, -0.05) is 66.3 Å². The van der Waals surface area contributed by atoms with E-state index in [0.29, 0.717) is 35.3 Å². The second kappa shape index (κ2) is 7.72. The van der Waals surface area contributed by atoms with Crippen LogP contribution in [0.1, 0.15) is 18.1 Å². The van der Waals surface area contributed by atoms with Crippen molar-refractivity contribution in [1.29, 1.82) is 0 Å². The molecule has 2 N–H and O–H groups in total. The van der Waals surface area contributed by atoms with Crippen molar-refractivity contribution in [2.75, 3.05) is 6.61 Å². The van der Waals surface area contributed by atoms with E-state index in [1.54, 1.807) is 12.1 Å². The SMILES string of the molecule is CCOc1cc(C(N)=S)cc(Cl)c1OCc1cccc2ccccc12. The third-order valence-corrected chi connectivity index (χ3v) is 4.36. The van der Waals surface area contributed by atoms with Gasteiger partial charge in [0.1, 0.15) is 11.6 Å². The van der Waals surface area contributed by atoms with Crippen LogP contribution in [0.4, 0.5) is 0 Å². The Bertz CT molecular complexity index is 921. The summed E-state index contributed by atoms with van der Waals surface area (Å²) in [5, 5.41) is 2.75. The Labute approximate surface area is 157 Å². The van der Waals surface area contributed by atoms with Crippen molar-refractivity contribution in [2.45, 2.75) is 13.5 Å². The van der Waals surface area contributed by atoms with Gasteiger partial charge in [0.05, 0.1) is 11.6 Å². The first-order chi connectivity index (χ1) is 12.1. The van der Waals surface area contributed by atoms with Gasteiger partial charge in [0.2, 0.25) is 0 Å². The minimum Gasteiger partial charge on any atom is -0.490 e. The zero-order valence-electron chi connectivity index (χ0n) is 13.8. The van der Waals surface area contributed by atoms with Gasteiger partial charge in [-0.05, 0) is 35.4 Å². The van der Waals surface area contributed by atoms with E-state index in [9.17, 15) is 0 Å². The lowest BCUT2D eigenvalue weighted by molar-refractivity contribution is 0.270. The van der Waals surface area contributed by atoms with Crippen LogP contribution in [0.5, 0.6) is 11.5 Å². The number of rotatable bonds is 6. The molecule has 0 saturated heterocycles. The molecule has 0 fully saturated rings. The molecule has 0 aliphatic carbocycles. The zero-order chi connectivity index (χ0) is 17.8. The number of nitrogens with two attached hydrogens (primary N) is 1. The Morgan fingerprint density at radius 2 is 1.84 bits per heavy atom. The molecule has 0 heterocycles. The predicted molar refractivity (Wildman–Crippen MR) is 107 cm³/mol. The molecule has 0 aliphatic rings. The van der Waals surface area contributed by atoms with Crippen LogP contribution in [0.3, 0.4) is 0 Å². The van der Waals surface area contributed by atoms with Crippen LogP contribution in [-0.4, -0.2) is 11.6 Å². The summed E-state index contributed by atoms with van der Waals surface area (Å²) in [7, 11) is 0. The number of thiocarbonyl (C=S) groups is 1. The van der Waals surface area contributed by atoms with Gasteiger partial charge in [0, 0.05) is 5.56 Å². The maximum Gasteiger partial charge on any atom is 0.180 e. The van der Waals surface area contributed by atoms with E-state index >= 15 is 0 Å². The minimum absolute atomic E-state index is 0.267. The lowest BCUT2D eigenvalue weighted by Crippen LogP contribution is -2.10. The van der Waals surface area contributed by atoms with Crippen molar-refractivity contribution >= 4 is 39.6 Å². The highest BCUT2D eigenvalue weighted by Gasteiger charge is 2.14. The van der Waals surface area contributed by atoms with Crippen molar-refractivity contribution in [2.24, 2.45) is 5.73 Å². The van der Waals surface area contributed by atoms with Crippen molar-refractivity contribution in [3.63, 3.8) is 0 Å². The minimum atomic E-state index is 0.267.